The first kappa shape index (κ1) is 24.4. The average molecular weight is 457 g/mol. The number of hydrogen-bond donors (Lipinski definition) is 3. The number of ether oxygens (including phenoxy) is 1. The fourth-order valence-electron chi connectivity index (χ4n) is 3.92. The number of rotatable bonds is 10. The zero-order valence-electron chi connectivity index (χ0n) is 18.4. The van der Waals surface area contributed by atoms with Gasteiger partial charge < -0.3 is 20.3 Å². The van der Waals surface area contributed by atoms with Crippen molar-refractivity contribution in [3.8, 4) is 11.1 Å². The molecule has 8 heteroatoms. The number of halogens is 1. The molecule has 1 aliphatic rings. The van der Waals surface area contributed by atoms with Gasteiger partial charge in [-0.05, 0) is 42.9 Å². The molecule has 0 aromatic heterocycles. The van der Waals surface area contributed by atoms with Crippen LogP contribution in [0.2, 0.25) is 0 Å². The molecule has 3 rings (SSSR count). The Bertz CT molecular complexity index is 1010. The highest BCUT2D eigenvalue weighted by molar-refractivity contribution is 6.31. The lowest BCUT2D eigenvalue weighted by Gasteiger charge is -2.23. The third-order valence-corrected chi connectivity index (χ3v) is 5.93. The molecule has 0 bridgehead atoms. The highest BCUT2D eigenvalue weighted by Crippen LogP contribution is 2.51. The van der Waals surface area contributed by atoms with Crippen molar-refractivity contribution in [2.45, 2.75) is 51.2 Å². The number of nitrogens with one attached hydrogen (secondary N) is 1. The Morgan fingerprint density at radius 1 is 1.18 bits per heavy atom. The number of unbranched alkanes of at least 4 members (excludes halogenated alkanes) is 1. The number of carbonyl (C=O) groups is 3. The van der Waals surface area contributed by atoms with Gasteiger partial charge in [0.15, 0.2) is 0 Å². The minimum absolute atomic E-state index is 0.0488. The molecule has 1 saturated carbocycles. The van der Waals surface area contributed by atoms with Crippen LogP contribution in [0.3, 0.4) is 0 Å². The number of carboxylic acid groups (broad SMARTS) is 1. The van der Waals surface area contributed by atoms with Gasteiger partial charge in [0.25, 0.3) is 0 Å². The average Bonchev–Trinajstić information content (AvgIpc) is 3.44. The Morgan fingerprint density at radius 2 is 1.85 bits per heavy atom. The van der Waals surface area contributed by atoms with Gasteiger partial charge in [-0.15, -0.1) is 0 Å². The fraction of sp³-hybridized carbons (Fsp3) is 0.400. The van der Waals surface area contributed by atoms with Crippen molar-refractivity contribution in [3.05, 3.63) is 59.9 Å². The van der Waals surface area contributed by atoms with E-state index in [1.54, 1.807) is 42.5 Å². The van der Waals surface area contributed by atoms with E-state index in [2.05, 4.69) is 5.32 Å². The van der Waals surface area contributed by atoms with Crippen LogP contribution in [0.15, 0.2) is 48.5 Å². The largest absolute Gasteiger partial charge is 0.474 e. The molecule has 0 radical (unpaired) electrons. The molecule has 2 aromatic rings. The first-order valence-electron chi connectivity index (χ1n) is 11.0. The molecule has 3 atom stereocenters. The van der Waals surface area contributed by atoms with Crippen LogP contribution in [-0.2, 0) is 25.5 Å². The highest BCUT2D eigenvalue weighted by Gasteiger charge is 2.61. The second-order valence-corrected chi connectivity index (χ2v) is 8.43. The Kier molecular flexibility index (Phi) is 7.81. The van der Waals surface area contributed by atoms with Gasteiger partial charge in [0.05, 0.1) is 18.1 Å². The first-order valence-corrected chi connectivity index (χ1v) is 11.0. The lowest BCUT2D eigenvalue weighted by atomic mass is 9.91. The van der Waals surface area contributed by atoms with E-state index < -0.39 is 35.4 Å². The molecule has 176 valence electrons. The number of hydrogen-bond acceptors (Lipinski definition) is 5. The van der Waals surface area contributed by atoms with E-state index in [1.165, 1.54) is 6.07 Å². The highest BCUT2D eigenvalue weighted by atomic mass is 19.1. The van der Waals surface area contributed by atoms with Crippen LogP contribution < -0.4 is 5.32 Å². The third-order valence-electron chi connectivity index (χ3n) is 5.93. The Hall–Kier alpha value is -3.26. The van der Waals surface area contributed by atoms with Gasteiger partial charge in [0.1, 0.15) is 5.82 Å². The molecule has 1 amide bonds. The Labute approximate surface area is 191 Å². The summed E-state index contributed by atoms with van der Waals surface area (Å²) >= 11 is 0. The molecule has 7 nitrogen and oxygen atoms in total. The van der Waals surface area contributed by atoms with Crippen molar-refractivity contribution in [1.82, 2.24) is 5.32 Å². The maximum atomic E-state index is 14.1. The molecule has 1 aliphatic carbocycles. The van der Waals surface area contributed by atoms with Crippen molar-refractivity contribution in [2.24, 2.45) is 5.41 Å². The molecule has 33 heavy (non-hydrogen) atoms. The first-order chi connectivity index (χ1) is 15.8. The van der Waals surface area contributed by atoms with Crippen LogP contribution in [0, 0.1) is 11.2 Å². The predicted molar refractivity (Wildman–Crippen MR) is 119 cm³/mol. The quantitative estimate of drug-likeness (QED) is 0.287. The second-order valence-electron chi connectivity index (χ2n) is 8.43. The fourth-order valence-corrected chi connectivity index (χ4v) is 3.92. The number of carboxylic acids is 1. The van der Waals surface area contributed by atoms with E-state index in [-0.39, 0.29) is 31.7 Å². The summed E-state index contributed by atoms with van der Waals surface area (Å²) in [6.07, 6.45) is 1.12. The molecule has 0 spiro atoms. The number of aliphatic hydroxyl groups excluding tert-OH is 1. The van der Waals surface area contributed by atoms with E-state index in [1.807, 2.05) is 6.92 Å². The minimum atomic E-state index is -1.63. The summed E-state index contributed by atoms with van der Waals surface area (Å²) in [5, 5.41) is 21.6. The third kappa shape index (κ3) is 5.96. The molecule has 0 saturated heterocycles. The topological polar surface area (TPSA) is 113 Å². The van der Waals surface area contributed by atoms with Crippen molar-refractivity contribution >= 4 is 17.8 Å². The summed E-state index contributed by atoms with van der Waals surface area (Å²) < 4.78 is 19.3. The van der Waals surface area contributed by atoms with Crippen LogP contribution in [-0.4, -0.2) is 46.8 Å². The van der Waals surface area contributed by atoms with Crippen molar-refractivity contribution in [2.75, 3.05) is 6.61 Å². The molecule has 2 aromatic carbocycles. The normalized spacial score (nSPS) is 20.0. The number of aliphatic hydroxyl groups is 1. The summed E-state index contributed by atoms with van der Waals surface area (Å²) in [6.45, 7) is 2.21. The zero-order chi connectivity index (χ0) is 24.0. The molecule has 3 N–H and O–H groups in total. The Morgan fingerprint density at radius 3 is 2.42 bits per heavy atom. The van der Waals surface area contributed by atoms with Crippen LogP contribution in [0.4, 0.5) is 4.39 Å². The van der Waals surface area contributed by atoms with Crippen LogP contribution in [0.1, 0.15) is 38.2 Å². The van der Waals surface area contributed by atoms with Gasteiger partial charge in [0, 0.05) is 11.6 Å². The number of carbonyl (C=O) groups excluding carboxylic acids is 2. The maximum Gasteiger partial charge on any atom is 0.394 e. The standard InChI is InChI=1S/C25H28FNO6/c1-2-3-12-33-24(32)25(15-21(25)28)14-18(27-22(29)23(30)31)13-16-8-10-17(11-9-16)19-6-4-5-7-20(19)26/h4-11,18,21,28H,2-3,12-15H2,1H3,(H,27,29)(H,30,31)/t18-,21-,25?/m1/s1. The summed E-state index contributed by atoms with van der Waals surface area (Å²) in [7, 11) is 0. The molecular formula is C25H28FNO6. The summed E-state index contributed by atoms with van der Waals surface area (Å²) in [4.78, 5) is 35.6. The summed E-state index contributed by atoms with van der Waals surface area (Å²) in [5.41, 5.74) is 0.735. The van der Waals surface area contributed by atoms with Gasteiger partial charge in [-0.3, -0.25) is 9.59 Å². The van der Waals surface area contributed by atoms with Gasteiger partial charge in [0.2, 0.25) is 0 Å². The summed E-state index contributed by atoms with van der Waals surface area (Å²) in [6, 6.07) is 12.7. The lowest BCUT2D eigenvalue weighted by molar-refractivity contribution is -0.153. The molecule has 0 heterocycles. The van der Waals surface area contributed by atoms with E-state index in [9.17, 15) is 23.9 Å². The SMILES string of the molecule is CCCCOC(=O)C1(C[C@@H](Cc2ccc(-c3ccccc3F)cc2)NC(=O)C(=O)O)C[C@H]1O. The van der Waals surface area contributed by atoms with E-state index >= 15 is 0 Å². The van der Waals surface area contributed by atoms with E-state index in [0.717, 1.165) is 12.0 Å². The van der Waals surface area contributed by atoms with Crippen LogP contribution in [0.5, 0.6) is 0 Å². The molecule has 0 aliphatic heterocycles. The molecular weight excluding hydrogens is 429 g/mol. The number of benzene rings is 2. The predicted octanol–water partition coefficient (Wildman–Crippen LogP) is 3.09. The van der Waals surface area contributed by atoms with Crippen molar-refractivity contribution in [3.63, 3.8) is 0 Å². The number of esters is 1. The van der Waals surface area contributed by atoms with E-state index in [0.29, 0.717) is 17.5 Å². The summed E-state index contributed by atoms with van der Waals surface area (Å²) in [5.74, 6) is -3.70. The Balaban J connectivity index is 1.75. The molecule has 1 fully saturated rings. The molecule has 1 unspecified atom stereocenters. The minimum Gasteiger partial charge on any atom is -0.474 e. The van der Waals surface area contributed by atoms with Crippen molar-refractivity contribution in [1.29, 1.82) is 0 Å². The number of amides is 1. The zero-order valence-corrected chi connectivity index (χ0v) is 18.4. The van der Waals surface area contributed by atoms with Crippen LogP contribution >= 0.6 is 0 Å². The number of aliphatic carboxylic acids is 1. The second kappa shape index (κ2) is 10.6. The van der Waals surface area contributed by atoms with Crippen molar-refractivity contribution < 1.29 is 33.7 Å². The smallest absolute Gasteiger partial charge is 0.394 e. The monoisotopic (exact) mass is 457 g/mol. The van der Waals surface area contributed by atoms with Gasteiger partial charge >= 0.3 is 17.8 Å². The van der Waals surface area contributed by atoms with Crippen LogP contribution in [0.25, 0.3) is 11.1 Å². The van der Waals surface area contributed by atoms with E-state index in [4.69, 9.17) is 9.84 Å². The van der Waals surface area contributed by atoms with Gasteiger partial charge in [-0.1, -0.05) is 55.8 Å². The van der Waals surface area contributed by atoms with Gasteiger partial charge in [-0.25, -0.2) is 9.18 Å². The van der Waals surface area contributed by atoms with Gasteiger partial charge in [-0.2, -0.15) is 0 Å². The maximum absolute atomic E-state index is 14.1. The lowest BCUT2D eigenvalue weighted by Crippen LogP contribution is -2.43.